The van der Waals surface area contributed by atoms with E-state index >= 15 is 0 Å². The Labute approximate surface area is 175 Å². The quantitative estimate of drug-likeness (QED) is 0.658. The number of hydrogen-bond donors (Lipinski definition) is 2. The Hall–Kier alpha value is -1.40. The molecule has 1 saturated carbocycles. The van der Waals surface area contributed by atoms with Crippen LogP contribution in [0.3, 0.4) is 0 Å². The number of nitrogens with zero attached hydrogens (tertiary/aromatic N) is 2. The lowest BCUT2D eigenvalue weighted by molar-refractivity contribution is 0.0687. The van der Waals surface area contributed by atoms with Gasteiger partial charge in [-0.3, -0.25) is 4.79 Å². The SMILES string of the molecule is CC.CC.CC.CO.Cn1nc(C(=O)O)c(Cl)c(C2CCC(C)(C)CC2)c1=O. The van der Waals surface area contributed by atoms with Gasteiger partial charge in [-0.15, -0.1) is 0 Å². The largest absolute Gasteiger partial charge is 0.476 e. The maximum Gasteiger partial charge on any atom is 0.357 e. The Bertz CT molecular complexity index is 603. The van der Waals surface area contributed by atoms with Crippen molar-refractivity contribution < 1.29 is 15.0 Å². The molecule has 1 aliphatic rings. The van der Waals surface area contributed by atoms with Crippen LogP contribution in [-0.4, -0.2) is 33.1 Å². The maximum atomic E-state index is 12.2. The van der Waals surface area contributed by atoms with E-state index in [9.17, 15) is 9.59 Å². The first-order valence-corrected chi connectivity index (χ1v) is 10.6. The highest BCUT2D eigenvalue weighted by atomic mass is 35.5. The number of aliphatic hydroxyl groups is 1. The molecule has 166 valence electrons. The Morgan fingerprint density at radius 1 is 1.07 bits per heavy atom. The summed E-state index contributed by atoms with van der Waals surface area (Å²) in [6.45, 7) is 16.4. The van der Waals surface area contributed by atoms with E-state index in [1.165, 1.54) is 7.05 Å². The fraction of sp³-hybridized carbons (Fsp3) is 0.762. The average molecular weight is 421 g/mol. The summed E-state index contributed by atoms with van der Waals surface area (Å²) in [6.07, 6.45) is 3.71. The van der Waals surface area contributed by atoms with Gasteiger partial charge in [0.25, 0.3) is 5.56 Å². The molecule has 0 radical (unpaired) electrons. The highest BCUT2D eigenvalue weighted by Gasteiger charge is 2.32. The first-order valence-electron chi connectivity index (χ1n) is 10.2. The third-order valence-corrected chi connectivity index (χ3v) is 4.55. The molecule has 1 aromatic heterocycles. The molecule has 28 heavy (non-hydrogen) atoms. The first kappa shape index (κ1) is 31.3. The van der Waals surface area contributed by atoms with Crippen LogP contribution < -0.4 is 5.56 Å². The van der Waals surface area contributed by atoms with Gasteiger partial charge in [0.15, 0.2) is 5.69 Å². The number of carboxylic acid groups (broad SMARTS) is 1. The third kappa shape index (κ3) is 9.20. The lowest BCUT2D eigenvalue weighted by Gasteiger charge is -2.34. The van der Waals surface area contributed by atoms with Crippen LogP contribution in [-0.2, 0) is 7.05 Å². The topological polar surface area (TPSA) is 92.4 Å². The van der Waals surface area contributed by atoms with Crippen molar-refractivity contribution in [1.82, 2.24) is 9.78 Å². The van der Waals surface area contributed by atoms with Gasteiger partial charge in [0.2, 0.25) is 0 Å². The van der Waals surface area contributed by atoms with Crippen molar-refractivity contribution in [2.24, 2.45) is 12.5 Å². The Morgan fingerprint density at radius 2 is 1.46 bits per heavy atom. The van der Waals surface area contributed by atoms with E-state index in [0.29, 0.717) is 5.56 Å². The zero-order valence-electron chi connectivity index (χ0n) is 19.4. The molecule has 2 rings (SSSR count). The molecule has 0 amide bonds. The van der Waals surface area contributed by atoms with Crippen molar-refractivity contribution in [2.75, 3.05) is 7.11 Å². The summed E-state index contributed by atoms with van der Waals surface area (Å²) in [5, 5.41) is 19.9. The van der Waals surface area contributed by atoms with Crippen LogP contribution in [0.2, 0.25) is 5.02 Å². The Kier molecular flexibility index (Phi) is 18.5. The van der Waals surface area contributed by atoms with Crippen molar-refractivity contribution in [3.05, 3.63) is 26.6 Å². The van der Waals surface area contributed by atoms with E-state index in [-0.39, 0.29) is 27.6 Å². The molecule has 0 spiro atoms. The van der Waals surface area contributed by atoms with Crippen molar-refractivity contribution >= 4 is 17.6 Å². The summed E-state index contributed by atoms with van der Waals surface area (Å²) in [5.41, 5.74) is 0.159. The Balaban J connectivity index is -0.000000695. The molecule has 0 bridgehead atoms. The summed E-state index contributed by atoms with van der Waals surface area (Å²) in [4.78, 5) is 23.4. The Morgan fingerprint density at radius 3 is 1.82 bits per heavy atom. The monoisotopic (exact) mass is 420 g/mol. The second-order valence-corrected chi connectivity index (χ2v) is 6.63. The molecule has 1 aliphatic carbocycles. The van der Waals surface area contributed by atoms with E-state index in [2.05, 4.69) is 18.9 Å². The minimum Gasteiger partial charge on any atom is -0.476 e. The molecule has 0 aliphatic heterocycles. The summed E-state index contributed by atoms with van der Waals surface area (Å²) in [6, 6.07) is 0. The predicted molar refractivity (Wildman–Crippen MR) is 119 cm³/mol. The summed E-state index contributed by atoms with van der Waals surface area (Å²) in [5.74, 6) is -1.18. The van der Waals surface area contributed by atoms with Crippen LogP contribution in [0.4, 0.5) is 0 Å². The molecule has 2 N–H and O–H groups in total. The number of hydrogen-bond acceptors (Lipinski definition) is 4. The molecular weight excluding hydrogens is 380 g/mol. The van der Waals surface area contributed by atoms with E-state index in [1.807, 2.05) is 41.5 Å². The van der Waals surface area contributed by atoms with Gasteiger partial charge in [-0.25, -0.2) is 9.48 Å². The molecule has 7 heteroatoms. The molecule has 0 unspecified atom stereocenters. The van der Waals surface area contributed by atoms with Crippen LogP contribution in [0.15, 0.2) is 4.79 Å². The van der Waals surface area contributed by atoms with Crippen LogP contribution in [0.5, 0.6) is 0 Å². The standard InChI is InChI=1S/C14H19ClN2O3.3C2H6.CH4O/c1-14(2)6-4-8(5-7-14)9-10(15)11(13(19)20)16-17(3)12(9)18;4*1-2/h8H,4-7H2,1-3H3,(H,19,20);3*1-2H3;2H,1H3. The molecule has 1 aromatic rings. The van der Waals surface area contributed by atoms with Gasteiger partial charge in [-0.1, -0.05) is 67.0 Å². The molecule has 0 aromatic carbocycles. The van der Waals surface area contributed by atoms with Gasteiger partial charge in [0, 0.05) is 19.7 Å². The molecule has 1 heterocycles. The van der Waals surface area contributed by atoms with Gasteiger partial charge >= 0.3 is 5.97 Å². The zero-order chi connectivity index (χ0) is 23.1. The van der Waals surface area contributed by atoms with Gasteiger partial charge in [0.05, 0.1) is 5.02 Å². The van der Waals surface area contributed by atoms with Crippen LogP contribution >= 0.6 is 11.6 Å². The molecule has 6 nitrogen and oxygen atoms in total. The predicted octanol–water partition coefficient (Wildman–Crippen LogP) is 5.50. The average Bonchev–Trinajstić information content (AvgIpc) is 2.72. The number of rotatable bonds is 2. The molecule has 0 saturated heterocycles. The van der Waals surface area contributed by atoms with Gasteiger partial charge in [0.1, 0.15) is 0 Å². The minimum absolute atomic E-state index is 0.00491. The van der Waals surface area contributed by atoms with E-state index in [0.717, 1.165) is 37.5 Å². The van der Waals surface area contributed by atoms with Crippen molar-refractivity contribution in [3.63, 3.8) is 0 Å². The molecular formula is C21H41ClN2O4. The normalized spacial score (nSPS) is 14.4. The third-order valence-electron chi connectivity index (χ3n) is 4.17. The summed E-state index contributed by atoms with van der Waals surface area (Å²) < 4.78 is 1.07. The number of aliphatic hydroxyl groups excluding tert-OH is 1. The fourth-order valence-electron chi connectivity index (χ4n) is 2.81. The minimum atomic E-state index is -1.21. The van der Waals surface area contributed by atoms with Gasteiger partial charge < -0.3 is 10.2 Å². The van der Waals surface area contributed by atoms with Gasteiger partial charge in [-0.05, 0) is 37.0 Å². The van der Waals surface area contributed by atoms with Crippen LogP contribution in [0.25, 0.3) is 0 Å². The number of aromatic nitrogens is 2. The van der Waals surface area contributed by atoms with Crippen molar-refractivity contribution in [1.29, 1.82) is 0 Å². The second-order valence-electron chi connectivity index (χ2n) is 6.25. The van der Waals surface area contributed by atoms with E-state index in [1.54, 1.807) is 0 Å². The number of aryl methyl sites for hydroxylation is 1. The van der Waals surface area contributed by atoms with Crippen LogP contribution in [0.1, 0.15) is 103 Å². The number of carboxylic acids is 1. The highest BCUT2D eigenvalue weighted by Crippen LogP contribution is 2.43. The first-order chi connectivity index (χ1) is 13.2. The number of aromatic carboxylic acids is 1. The zero-order valence-corrected chi connectivity index (χ0v) is 20.1. The highest BCUT2D eigenvalue weighted by molar-refractivity contribution is 6.34. The fourth-order valence-corrected chi connectivity index (χ4v) is 3.17. The maximum absolute atomic E-state index is 12.2. The molecule has 0 atom stereocenters. The van der Waals surface area contributed by atoms with E-state index in [4.69, 9.17) is 21.8 Å². The van der Waals surface area contributed by atoms with Crippen LogP contribution in [0, 0.1) is 5.41 Å². The van der Waals surface area contributed by atoms with Crippen molar-refractivity contribution in [3.8, 4) is 0 Å². The summed E-state index contributed by atoms with van der Waals surface area (Å²) >= 11 is 6.13. The van der Waals surface area contributed by atoms with Gasteiger partial charge in [-0.2, -0.15) is 5.10 Å². The smallest absolute Gasteiger partial charge is 0.357 e. The lowest BCUT2D eigenvalue weighted by Crippen LogP contribution is -2.31. The number of carbonyl (C=O) groups is 1. The van der Waals surface area contributed by atoms with Crippen molar-refractivity contribution in [2.45, 2.75) is 87.0 Å². The lowest BCUT2D eigenvalue weighted by atomic mass is 9.71. The van der Waals surface area contributed by atoms with E-state index < -0.39 is 5.97 Å². The summed E-state index contributed by atoms with van der Waals surface area (Å²) in [7, 11) is 2.46. The number of halogens is 1. The second kappa shape index (κ2) is 16.5. The molecule has 1 fully saturated rings.